The van der Waals surface area contributed by atoms with Crippen LogP contribution >= 0.6 is 0 Å². The number of amides is 2. The number of rotatable bonds is 5. The molecule has 0 saturated carbocycles. The Balaban J connectivity index is 2.61. The highest BCUT2D eigenvalue weighted by Crippen LogP contribution is 2.31. The molecule has 0 saturated heterocycles. The molecule has 0 aromatic heterocycles. The van der Waals surface area contributed by atoms with Crippen LogP contribution in [0.1, 0.15) is 25.8 Å². The number of imide groups is 1. The summed E-state index contributed by atoms with van der Waals surface area (Å²) in [5, 5.41) is 9.32. The van der Waals surface area contributed by atoms with E-state index in [-0.39, 0.29) is 12.1 Å². The quantitative estimate of drug-likeness (QED) is 0.608. The maximum absolute atomic E-state index is 12.8. The van der Waals surface area contributed by atoms with Crippen LogP contribution in [0.15, 0.2) is 34.9 Å². The SMILES string of the molecule is CCCN1C(=O)C(C#N)=C(C)/C(=C\c2ccc(OC)cc2OC)C1=O. The highest BCUT2D eigenvalue weighted by molar-refractivity contribution is 6.19. The second-order valence-corrected chi connectivity index (χ2v) is 5.54. The van der Waals surface area contributed by atoms with Gasteiger partial charge in [0.2, 0.25) is 0 Å². The molecule has 1 aliphatic rings. The molecule has 0 N–H and O–H groups in total. The molecule has 0 atom stereocenters. The van der Waals surface area contributed by atoms with Crippen molar-refractivity contribution in [2.45, 2.75) is 20.3 Å². The number of carbonyl (C=O) groups excluding carboxylic acids is 2. The minimum atomic E-state index is -0.536. The summed E-state index contributed by atoms with van der Waals surface area (Å²) in [7, 11) is 3.08. The molecule has 0 radical (unpaired) electrons. The third kappa shape index (κ3) is 3.41. The second kappa shape index (κ2) is 7.67. The van der Waals surface area contributed by atoms with Crippen LogP contribution in [0.4, 0.5) is 0 Å². The molecule has 0 unspecified atom stereocenters. The van der Waals surface area contributed by atoms with E-state index < -0.39 is 11.8 Å². The van der Waals surface area contributed by atoms with Crippen LogP contribution in [-0.2, 0) is 9.59 Å². The number of benzene rings is 1. The first-order valence-corrected chi connectivity index (χ1v) is 7.89. The first kappa shape index (κ1) is 18.3. The van der Waals surface area contributed by atoms with Crippen molar-refractivity contribution in [3.63, 3.8) is 0 Å². The zero-order chi connectivity index (χ0) is 18.6. The summed E-state index contributed by atoms with van der Waals surface area (Å²) in [5.41, 5.74) is 1.34. The lowest BCUT2D eigenvalue weighted by molar-refractivity contribution is -0.140. The molecule has 0 spiro atoms. The van der Waals surface area contributed by atoms with Gasteiger partial charge < -0.3 is 9.47 Å². The molecule has 1 heterocycles. The zero-order valence-corrected chi connectivity index (χ0v) is 14.8. The fourth-order valence-corrected chi connectivity index (χ4v) is 2.65. The third-order valence-electron chi connectivity index (χ3n) is 4.01. The van der Waals surface area contributed by atoms with Crippen LogP contribution in [0.2, 0.25) is 0 Å². The van der Waals surface area contributed by atoms with Gasteiger partial charge in [-0.3, -0.25) is 14.5 Å². The van der Waals surface area contributed by atoms with E-state index in [0.29, 0.717) is 34.6 Å². The first-order chi connectivity index (χ1) is 12.0. The van der Waals surface area contributed by atoms with E-state index in [9.17, 15) is 14.9 Å². The summed E-state index contributed by atoms with van der Waals surface area (Å²) >= 11 is 0. The van der Waals surface area contributed by atoms with Gasteiger partial charge in [-0.25, -0.2) is 0 Å². The number of nitriles is 1. The molecule has 6 nitrogen and oxygen atoms in total. The van der Waals surface area contributed by atoms with Crippen molar-refractivity contribution >= 4 is 17.9 Å². The summed E-state index contributed by atoms with van der Waals surface area (Å²) < 4.78 is 10.5. The van der Waals surface area contributed by atoms with Crippen molar-refractivity contribution in [1.29, 1.82) is 5.26 Å². The Morgan fingerprint density at radius 3 is 2.48 bits per heavy atom. The maximum Gasteiger partial charge on any atom is 0.271 e. The van der Waals surface area contributed by atoms with Gasteiger partial charge in [-0.2, -0.15) is 5.26 Å². The van der Waals surface area contributed by atoms with Gasteiger partial charge in [-0.15, -0.1) is 0 Å². The van der Waals surface area contributed by atoms with Crippen LogP contribution in [0, 0.1) is 11.3 Å². The van der Waals surface area contributed by atoms with E-state index >= 15 is 0 Å². The largest absolute Gasteiger partial charge is 0.497 e. The predicted molar refractivity (Wildman–Crippen MR) is 92.8 cm³/mol. The van der Waals surface area contributed by atoms with E-state index in [1.165, 1.54) is 7.11 Å². The Morgan fingerprint density at radius 1 is 1.20 bits per heavy atom. The van der Waals surface area contributed by atoms with Crippen molar-refractivity contribution in [2.24, 2.45) is 0 Å². The molecular weight excluding hydrogens is 320 g/mol. The molecule has 1 aliphatic heterocycles. The van der Waals surface area contributed by atoms with Crippen molar-refractivity contribution in [3.05, 3.63) is 40.5 Å². The van der Waals surface area contributed by atoms with E-state index in [1.807, 2.05) is 13.0 Å². The van der Waals surface area contributed by atoms with E-state index in [0.717, 1.165) is 4.90 Å². The Morgan fingerprint density at radius 2 is 1.92 bits per heavy atom. The Labute approximate surface area is 146 Å². The average Bonchev–Trinajstić information content (AvgIpc) is 2.62. The van der Waals surface area contributed by atoms with Crippen molar-refractivity contribution < 1.29 is 19.1 Å². The number of carbonyl (C=O) groups is 2. The van der Waals surface area contributed by atoms with E-state index in [4.69, 9.17) is 9.47 Å². The minimum absolute atomic E-state index is 0.00761. The summed E-state index contributed by atoms with van der Waals surface area (Å²) in [5.74, 6) is 0.221. The van der Waals surface area contributed by atoms with Crippen molar-refractivity contribution in [3.8, 4) is 17.6 Å². The van der Waals surface area contributed by atoms with Crippen LogP contribution in [0.5, 0.6) is 11.5 Å². The molecule has 130 valence electrons. The molecule has 6 heteroatoms. The Hall–Kier alpha value is -3.07. The lowest BCUT2D eigenvalue weighted by Gasteiger charge is -2.27. The number of nitrogens with zero attached hydrogens (tertiary/aromatic N) is 2. The Bertz CT molecular complexity index is 815. The van der Waals surface area contributed by atoms with Gasteiger partial charge in [-0.05, 0) is 37.1 Å². The maximum atomic E-state index is 12.8. The van der Waals surface area contributed by atoms with Crippen LogP contribution in [0.3, 0.4) is 0 Å². The lowest BCUT2D eigenvalue weighted by atomic mass is 9.93. The smallest absolute Gasteiger partial charge is 0.271 e. The van der Waals surface area contributed by atoms with Crippen molar-refractivity contribution in [2.75, 3.05) is 20.8 Å². The molecule has 25 heavy (non-hydrogen) atoms. The number of ether oxygens (including phenoxy) is 2. The fraction of sp³-hybridized carbons (Fsp3) is 0.316. The van der Waals surface area contributed by atoms with Gasteiger partial charge in [0.05, 0.1) is 14.2 Å². The molecule has 0 fully saturated rings. The highest BCUT2D eigenvalue weighted by Gasteiger charge is 2.34. The molecule has 1 aromatic rings. The normalized spacial score (nSPS) is 16.3. The summed E-state index contributed by atoms with van der Waals surface area (Å²) in [6.07, 6.45) is 2.26. The molecular formula is C19H20N2O4. The summed E-state index contributed by atoms with van der Waals surface area (Å²) in [4.78, 5) is 26.2. The predicted octanol–water partition coefficient (Wildman–Crippen LogP) is 2.71. The zero-order valence-electron chi connectivity index (χ0n) is 14.8. The highest BCUT2D eigenvalue weighted by atomic mass is 16.5. The van der Waals surface area contributed by atoms with Crippen LogP contribution in [0.25, 0.3) is 6.08 Å². The number of hydrogen-bond donors (Lipinski definition) is 0. The first-order valence-electron chi connectivity index (χ1n) is 7.89. The molecule has 0 aliphatic carbocycles. The summed E-state index contributed by atoms with van der Waals surface area (Å²) in [6.45, 7) is 3.75. The minimum Gasteiger partial charge on any atom is -0.497 e. The molecule has 2 rings (SSSR count). The van der Waals surface area contributed by atoms with Gasteiger partial charge >= 0.3 is 0 Å². The standard InChI is InChI=1S/C19H20N2O4/c1-5-8-21-18(22)15(12(2)16(11-20)19(21)23)9-13-6-7-14(24-3)10-17(13)25-4/h6-7,9-10H,5,8H2,1-4H3/b15-9+. The molecule has 1 aromatic carbocycles. The third-order valence-corrected chi connectivity index (χ3v) is 4.01. The topological polar surface area (TPSA) is 79.6 Å². The fourth-order valence-electron chi connectivity index (χ4n) is 2.65. The average molecular weight is 340 g/mol. The van der Waals surface area contributed by atoms with Crippen LogP contribution < -0.4 is 9.47 Å². The summed E-state index contributed by atoms with van der Waals surface area (Å²) in [6, 6.07) is 7.14. The van der Waals surface area contributed by atoms with Crippen LogP contribution in [-0.4, -0.2) is 37.5 Å². The Kier molecular flexibility index (Phi) is 5.60. The van der Waals surface area contributed by atoms with E-state index in [2.05, 4.69) is 0 Å². The monoisotopic (exact) mass is 340 g/mol. The van der Waals surface area contributed by atoms with Gasteiger partial charge in [0.1, 0.15) is 23.1 Å². The number of hydrogen-bond acceptors (Lipinski definition) is 5. The molecule has 0 bridgehead atoms. The van der Waals surface area contributed by atoms with Gasteiger partial charge in [0.15, 0.2) is 0 Å². The second-order valence-electron chi connectivity index (χ2n) is 5.54. The van der Waals surface area contributed by atoms with Gasteiger partial charge in [0, 0.05) is 23.7 Å². The van der Waals surface area contributed by atoms with Gasteiger partial charge in [0.25, 0.3) is 11.8 Å². The lowest BCUT2D eigenvalue weighted by Crippen LogP contribution is -2.43. The molecule has 2 amide bonds. The van der Waals surface area contributed by atoms with Gasteiger partial charge in [-0.1, -0.05) is 6.92 Å². The number of methoxy groups -OCH3 is 2. The van der Waals surface area contributed by atoms with E-state index in [1.54, 1.807) is 38.3 Å². The van der Waals surface area contributed by atoms with Crippen molar-refractivity contribution in [1.82, 2.24) is 4.90 Å².